The first-order valence-corrected chi connectivity index (χ1v) is 9.04. The molecular weight excluding hydrogens is 256 g/mol. The molecule has 0 radical (unpaired) electrons. The van der Waals surface area contributed by atoms with Crippen LogP contribution >= 0.6 is 11.8 Å². The average molecular weight is 278 g/mol. The van der Waals surface area contributed by atoms with Gasteiger partial charge in [-0.25, -0.2) is 12.7 Å². The number of rotatable bonds is 2. The standard InChI is InChI=1S/C11H22N2O2S2/c1-10-7-12-4-5-13(17(10,14)15)8-11-3-2-6-16-9-11/h10-12H,2-9H2,1H3. The van der Waals surface area contributed by atoms with Crippen LogP contribution in [-0.2, 0) is 10.0 Å². The van der Waals surface area contributed by atoms with E-state index in [1.54, 1.807) is 11.2 Å². The van der Waals surface area contributed by atoms with Crippen molar-refractivity contribution < 1.29 is 8.42 Å². The van der Waals surface area contributed by atoms with Crippen molar-refractivity contribution in [2.24, 2.45) is 5.92 Å². The minimum atomic E-state index is -3.08. The van der Waals surface area contributed by atoms with Crippen LogP contribution in [0.15, 0.2) is 0 Å². The van der Waals surface area contributed by atoms with Crippen LogP contribution in [0.4, 0.5) is 0 Å². The molecule has 17 heavy (non-hydrogen) atoms. The second-order valence-corrected chi connectivity index (χ2v) is 8.50. The van der Waals surface area contributed by atoms with E-state index in [0.29, 0.717) is 19.0 Å². The van der Waals surface area contributed by atoms with E-state index in [2.05, 4.69) is 5.32 Å². The number of hydrogen-bond acceptors (Lipinski definition) is 4. The summed E-state index contributed by atoms with van der Waals surface area (Å²) in [5, 5.41) is 2.90. The van der Waals surface area contributed by atoms with Gasteiger partial charge in [0, 0.05) is 26.2 Å². The van der Waals surface area contributed by atoms with Crippen molar-refractivity contribution in [3.63, 3.8) is 0 Å². The Kier molecular flexibility index (Phi) is 4.74. The summed E-state index contributed by atoms with van der Waals surface area (Å²) in [4.78, 5) is 0. The predicted octanol–water partition coefficient (Wildman–Crippen LogP) is 0.753. The Balaban J connectivity index is 2.01. The second kappa shape index (κ2) is 5.91. The highest BCUT2D eigenvalue weighted by molar-refractivity contribution is 7.99. The van der Waals surface area contributed by atoms with E-state index in [1.165, 1.54) is 18.6 Å². The summed E-state index contributed by atoms with van der Waals surface area (Å²) in [6, 6.07) is 0. The monoisotopic (exact) mass is 278 g/mol. The first-order valence-electron chi connectivity index (χ1n) is 6.38. The highest BCUT2D eigenvalue weighted by Crippen LogP contribution is 2.25. The van der Waals surface area contributed by atoms with Gasteiger partial charge >= 0.3 is 0 Å². The Morgan fingerprint density at radius 3 is 3.00 bits per heavy atom. The van der Waals surface area contributed by atoms with E-state index in [-0.39, 0.29) is 5.25 Å². The summed E-state index contributed by atoms with van der Waals surface area (Å²) >= 11 is 1.96. The zero-order chi connectivity index (χ0) is 12.3. The Labute approximate surface area is 109 Å². The lowest BCUT2D eigenvalue weighted by molar-refractivity contribution is 0.347. The lowest BCUT2D eigenvalue weighted by Crippen LogP contribution is -2.41. The lowest BCUT2D eigenvalue weighted by atomic mass is 10.1. The van der Waals surface area contributed by atoms with E-state index in [4.69, 9.17) is 0 Å². The largest absolute Gasteiger partial charge is 0.314 e. The summed E-state index contributed by atoms with van der Waals surface area (Å²) in [6.45, 7) is 4.52. The molecule has 2 atom stereocenters. The quantitative estimate of drug-likeness (QED) is 0.810. The number of thioether (sulfide) groups is 1. The van der Waals surface area contributed by atoms with Gasteiger partial charge in [0.15, 0.2) is 0 Å². The normalized spacial score (nSPS) is 35.4. The number of nitrogens with zero attached hydrogens (tertiary/aromatic N) is 1. The molecule has 0 aromatic carbocycles. The lowest BCUT2D eigenvalue weighted by Gasteiger charge is -2.29. The molecule has 2 heterocycles. The second-order valence-electron chi connectivity index (χ2n) is 5.00. The highest BCUT2D eigenvalue weighted by atomic mass is 32.2. The van der Waals surface area contributed by atoms with Gasteiger partial charge in [0.2, 0.25) is 10.0 Å². The molecule has 0 aromatic rings. The molecular formula is C11H22N2O2S2. The molecule has 2 saturated heterocycles. The van der Waals surface area contributed by atoms with Crippen molar-refractivity contribution in [1.82, 2.24) is 9.62 Å². The van der Waals surface area contributed by atoms with Gasteiger partial charge in [-0.2, -0.15) is 11.8 Å². The average Bonchev–Trinajstić information content (AvgIpc) is 2.44. The van der Waals surface area contributed by atoms with Gasteiger partial charge in [-0.05, 0) is 37.2 Å². The van der Waals surface area contributed by atoms with Crippen LogP contribution in [-0.4, -0.2) is 55.7 Å². The topological polar surface area (TPSA) is 49.4 Å². The van der Waals surface area contributed by atoms with Gasteiger partial charge in [-0.1, -0.05) is 0 Å². The molecule has 2 rings (SSSR count). The maximum absolute atomic E-state index is 12.3. The highest BCUT2D eigenvalue weighted by Gasteiger charge is 2.32. The van der Waals surface area contributed by atoms with Gasteiger partial charge in [0.1, 0.15) is 0 Å². The maximum Gasteiger partial charge on any atom is 0.218 e. The molecule has 4 nitrogen and oxygen atoms in total. The fourth-order valence-corrected chi connectivity index (χ4v) is 5.18. The van der Waals surface area contributed by atoms with Crippen molar-refractivity contribution in [3.05, 3.63) is 0 Å². The van der Waals surface area contributed by atoms with E-state index in [0.717, 1.165) is 18.8 Å². The summed E-state index contributed by atoms with van der Waals surface area (Å²) in [5.74, 6) is 2.91. The third kappa shape index (κ3) is 3.36. The first kappa shape index (κ1) is 13.6. The number of sulfonamides is 1. The first-order chi connectivity index (χ1) is 8.10. The molecule has 2 aliphatic heterocycles. The summed E-state index contributed by atoms with van der Waals surface area (Å²) in [6.07, 6.45) is 2.41. The molecule has 0 amide bonds. The molecule has 0 aromatic heterocycles. The fraction of sp³-hybridized carbons (Fsp3) is 1.00. The maximum atomic E-state index is 12.3. The molecule has 0 aliphatic carbocycles. The van der Waals surface area contributed by atoms with Crippen molar-refractivity contribution in [2.75, 3.05) is 37.7 Å². The Hall–Kier alpha value is 0.220. The minimum absolute atomic E-state index is 0.291. The molecule has 1 N–H and O–H groups in total. The fourth-order valence-electron chi connectivity index (χ4n) is 2.43. The van der Waals surface area contributed by atoms with Gasteiger partial charge in [0.25, 0.3) is 0 Å². The van der Waals surface area contributed by atoms with Crippen LogP contribution in [0, 0.1) is 5.92 Å². The molecule has 0 bridgehead atoms. The molecule has 2 aliphatic rings. The van der Waals surface area contributed by atoms with Crippen LogP contribution < -0.4 is 5.32 Å². The Morgan fingerprint density at radius 1 is 1.47 bits per heavy atom. The van der Waals surface area contributed by atoms with Crippen molar-refractivity contribution in [2.45, 2.75) is 25.0 Å². The van der Waals surface area contributed by atoms with Crippen LogP contribution in [0.1, 0.15) is 19.8 Å². The SMILES string of the molecule is CC1CNCCN(CC2CCCSC2)S1(=O)=O. The third-order valence-corrected chi connectivity index (χ3v) is 7.07. The third-order valence-electron chi connectivity index (χ3n) is 3.55. The van der Waals surface area contributed by atoms with Gasteiger partial charge < -0.3 is 5.32 Å². The molecule has 0 saturated carbocycles. The molecule has 2 unspecified atom stereocenters. The molecule has 0 spiro atoms. The summed E-state index contributed by atoms with van der Waals surface area (Å²) in [7, 11) is -3.08. The van der Waals surface area contributed by atoms with Crippen molar-refractivity contribution in [1.29, 1.82) is 0 Å². The summed E-state index contributed by atoms with van der Waals surface area (Å²) in [5.41, 5.74) is 0. The van der Waals surface area contributed by atoms with Crippen LogP contribution in [0.25, 0.3) is 0 Å². The van der Waals surface area contributed by atoms with Crippen molar-refractivity contribution >= 4 is 21.8 Å². The molecule has 2 fully saturated rings. The smallest absolute Gasteiger partial charge is 0.218 e. The Morgan fingerprint density at radius 2 is 2.29 bits per heavy atom. The van der Waals surface area contributed by atoms with Gasteiger partial charge in [-0.3, -0.25) is 0 Å². The van der Waals surface area contributed by atoms with Crippen LogP contribution in [0.2, 0.25) is 0 Å². The van der Waals surface area contributed by atoms with Gasteiger partial charge in [-0.15, -0.1) is 0 Å². The summed E-state index contributed by atoms with van der Waals surface area (Å²) < 4.78 is 26.3. The minimum Gasteiger partial charge on any atom is -0.314 e. The molecule has 100 valence electrons. The number of nitrogens with one attached hydrogen (secondary N) is 1. The van der Waals surface area contributed by atoms with E-state index < -0.39 is 10.0 Å². The zero-order valence-electron chi connectivity index (χ0n) is 10.4. The van der Waals surface area contributed by atoms with Crippen molar-refractivity contribution in [3.8, 4) is 0 Å². The van der Waals surface area contributed by atoms with E-state index >= 15 is 0 Å². The van der Waals surface area contributed by atoms with E-state index in [1.807, 2.05) is 11.8 Å². The Bertz CT molecular complexity index is 339. The predicted molar refractivity (Wildman–Crippen MR) is 72.9 cm³/mol. The zero-order valence-corrected chi connectivity index (χ0v) is 12.0. The molecule has 6 heteroatoms. The van der Waals surface area contributed by atoms with Gasteiger partial charge in [0.05, 0.1) is 5.25 Å². The van der Waals surface area contributed by atoms with E-state index in [9.17, 15) is 8.42 Å². The van der Waals surface area contributed by atoms with Crippen LogP contribution in [0.3, 0.4) is 0 Å². The van der Waals surface area contributed by atoms with Crippen LogP contribution in [0.5, 0.6) is 0 Å². The number of hydrogen-bond donors (Lipinski definition) is 1.